The number of nitrogens with zero attached hydrogens (tertiary/aromatic N) is 4. The first kappa shape index (κ1) is 29.4. The van der Waals surface area contributed by atoms with E-state index in [1.54, 1.807) is 38.2 Å². The van der Waals surface area contributed by atoms with Gasteiger partial charge in [0, 0.05) is 42.5 Å². The molecule has 0 fully saturated rings. The normalized spacial score (nSPS) is 10.7. The van der Waals surface area contributed by atoms with Crippen molar-refractivity contribution in [2.45, 2.75) is 19.9 Å². The number of rotatable bonds is 6. The van der Waals surface area contributed by atoms with Gasteiger partial charge in [0.15, 0.2) is 11.6 Å². The largest absolute Gasteiger partial charge is 0.453 e. The Labute approximate surface area is 249 Å². The number of carbonyl (C=O) groups is 1. The van der Waals surface area contributed by atoms with Crippen LogP contribution in [0.3, 0.4) is 0 Å². The van der Waals surface area contributed by atoms with E-state index in [0.29, 0.717) is 5.69 Å². The van der Waals surface area contributed by atoms with Crippen LogP contribution in [0.15, 0.2) is 94.9 Å². The zero-order valence-corrected chi connectivity index (χ0v) is 23.4. The molecule has 0 radical (unpaired) electrons. The summed E-state index contributed by atoms with van der Waals surface area (Å²) < 4.78 is 36.4. The van der Waals surface area contributed by atoms with Crippen molar-refractivity contribution in [2.24, 2.45) is 0 Å². The number of nitrogens with one attached hydrogen (secondary N) is 1. The average Bonchev–Trinajstić information content (AvgIpc) is 2.99. The molecule has 2 aromatic carbocycles. The van der Waals surface area contributed by atoms with Gasteiger partial charge in [0.1, 0.15) is 34.2 Å². The summed E-state index contributed by atoms with van der Waals surface area (Å²) in [6, 6.07) is 14.7. The molecule has 3 N–H and O–H groups in total. The molecule has 10 nitrogen and oxygen atoms in total. The first-order valence-electron chi connectivity index (χ1n) is 13.2. The molecule has 44 heavy (non-hydrogen) atoms. The van der Waals surface area contributed by atoms with Gasteiger partial charge in [0.2, 0.25) is 0 Å². The third-order valence-electron chi connectivity index (χ3n) is 6.33. The topological polar surface area (TPSA) is 134 Å². The van der Waals surface area contributed by atoms with Gasteiger partial charge in [-0.25, -0.2) is 28.1 Å². The molecule has 3 aromatic heterocycles. The maximum absolute atomic E-state index is 15.2. The minimum absolute atomic E-state index is 0.0132. The monoisotopic (exact) mass is 594 g/mol. The second-order valence-electron chi connectivity index (χ2n) is 9.68. The van der Waals surface area contributed by atoms with E-state index in [1.165, 1.54) is 41.1 Å². The van der Waals surface area contributed by atoms with Crippen LogP contribution in [0.4, 0.5) is 20.3 Å². The molecule has 0 atom stereocenters. The van der Waals surface area contributed by atoms with Crippen molar-refractivity contribution in [3.63, 3.8) is 0 Å². The summed E-state index contributed by atoms with van der Waals surface area (Å²) in [6.07, 6.45) is 4.12. The number of ether oxygens (including phenoxy) is 1. The van der Waals surface area contributed by atoms with Crippen LogP contribution in [0.5, 0.6) is 11.5 Å². The van der Waals surface area contributed by atoms with Gasteiger partial charge < -0.3 is 15.8 Å². The molecule has 5 aromatic rings. The van der Waals surface area contributed by atoms with E-state index in [1.807, 2.05) is 0 Å². The SMILES string of the molecule is CC(C)n1cc(C(=O)Nc2ccc(Oc3ccnc(N)c3C#Cc3ccccn3)c(F)c2)c(=O)n(-c2ccc(F)cc2)c1=O. The first-order chi connectivity index (χ1) is 21.1. The number of carbonyl (C=O) groups excluding carboxylic acids is 1. The fraction of sp³-hybridized carbons (Fsp3) is 0.0938. The van der Waals surface area contributed by atoms with Gasteiger partial charge in [-0.3, -0.25) is 14.2 Å². The van der Waals surface area contributed by atoms with E-state index in [0.717, 1.165) is 29.0 Å². The van der Waals surface area contributed by atoms with Crippen LogP contribution in [0, 0.1) is 23.5 Å². The lowest BCUT2D eigenvalue weighted by Gasteiger charge is -2.16. The molecule has 0 aliphatic rings. The average molecular weight is 595 g/mol. The Balaban J connectivity index is 1.43. The molecule has 220 valence electrons. The fourth-order valence-electron chi connectivity index (χ4n) is 4.13. The van der Waals surface area contributed by atoms with E-state index in [9.17, 15) is 18.8 Å². The summed E-state index contributed by atoms with van der Waals surface area (Å²) >= 11 is 0. The number of amides is 1. The van der Waals surface area contributed by atoms with E-state index in [-0.39, 0.29) is 39.8 Å². The van der Waals surface area contributed by atoms with Gasteiger partial charge in [-0.15, -0.1) is 0 Å². The fourth-order valence-corrected chi connectivity index (χ4v) is 4.13. The van der Waals surface area contributed by atoms with Crippen molar-refractivity contribution in [2.75, 3.05) is 11.1 Å². The summed E-state index contributed by atoms with van der Waals surface area (Å²) in [4.78, 5) is 47.7. The van der Waals surface area contributed by atoms with Crippen molar-refractivity contribution in [1.82, 2.24) is 19.1 Å². The van der Waals surface area contributed by atoms with E-state index >= 15 is 4.39 Å². The summed E-state index contributed by atoms with van der Waals surface area (Å²) in [5, 5.41) is 2.48. The second-order valence-corrected chi connectivity index (χ2v) is 9.68. The number of anilines is 2. The number of nitrogens with two attached hydrogens (primary N) is 1. The van der Waals surface area contributed by atoms with E-state index in [4.69, 9.17) is 10.5 Å². The maximum atomic E-state index is 15.2. The summed E-state index contributed by atoms with van der Waals surface area (Å²) in [5.41, 5.74) is 4.79. The van der Waals surface area contributed by atoms with Crippen molar-refractivity contribution >= 4 is 17.4 Å². The molecule has 0 bridgehead atoms. The van der Waals surface area contributed by atoms with Gasteiger partial charge in [0.05, 0.1) is 5.69 Å². The molecule has 0 aliphatic carbocycles. The minimum atomic E-state index is -0.925. The molecule has 0 unspecified atom stereocenters. The number of aromatic nitrogens is 4. The number of hydrogen-bond acceptors (Lipinski definition) is 7. The van der Waals surface area contributed by atoms with E-state index in [2.05, 4.69) is 27.1 Å². The lowest BCUT2D eigenvalue weighted by Crippen LogP contribution is -2.42. The van der Waals surface area contributed by atoms with Crippen LogP contribution >= 0.6 is 0 Å². The van der Waals surface area contributed by atoms with Gasteiger partial charge in [-0.05, 0) is 68.3 Å². The summed E-state index contributed by atoms with van der Waals surface area (Å²) in [6.45, 7) is 3.39. The minimum Gasteiger partial charge on any atom is -0.453 e. The van der Waals surface area contributed by atoms with E-state index < -0.39 is 34.8 Å². The zero-order valence-electron chi connectivity index (χ0n) is 23.4. The Hall–Kier alpha value is -6.09. The molecule has 1 amide bonds. The number of pyridine rings is 2. The van der Waals surface area contributed by atoms with Crippen LogP contribution in [0.25, 0.3) is 5.69 Å². The number of nitrogen functional groups attached to an aromatic ring is 1. The lowest BCUT2D eigenvalue weighted by atomic mass is 10.2. The Kier molecular flexibility index (Phi) is 8.30. The van der Waals surface area contributed by atoms with Gasteiger partial charge in [0.25, 0.3) is 11.5 Å². The van der Waals surface area contributed by atoms with Gasteiger partial charge in [-0.1, -0.05) is 12.0 Å². The Morgan fingerprint density at radius 1 is 0.955 bits per heavy atom. The second kappa shape index (κ2) is 12.4. The molecular formula is C32H24F2N6O4. The number of halogens is 2. The highest BCUT2D eigenvalue weighted by Gasteiger charge is 2.21. The number of hydrogen-bond donors (Lipinski definition) is 2. The third-order valence-corrected chi connectivity index (χ3v) is 6.33. The maximum Gasteiger partial charge on any atom is 0.335 e. The standard InChI is InChI=1S/C32H24F2N6O4/c1-19(2)39-18-25(31(42)40(32(39)43)23-10-6-20(33)7-11-23)30(41)38-22-9-13-28(26(34)17-22)44-27-14-16-37-29(35)24(27)12-8-21-5-3-4-15-36-21/h3-7,9-11,13-19H,1-2H3,(H2,35,37)(H,38,41). The van der Waals surface area contributed by atoms with Crippen LogP contribution in [-0.4, -0.2) is 25.0 Å². The predicted molar refractivity (Wildman–Crippen MR) is 160 cm³/mol. The molecule has 0 saturated heterocycles. The highest BCUT2D eigenvalue weighted by Crippen LogP contribution is 2.30. The third kappa shape index (κ3) is 6.22. The van der Waals surface area contributed by atoms with Gasteiger partial charge in [-0.2, -0.15) is 0 Å². The molecule has 5 rings (SSSR count). The van der Waals surface area contributed by atoms with Crippen molar-refractivity contribution in [3.8, 4) is 29.0 Å². The van der Waals surface area contributed by atoms with Crippen molar-refractivity contribution in [1.29, 1.82) is 0 Å². The smallest absolute Gasteiger partial charge is 0.335 e. The Morgan fingerprint density at radius 3 is 2.41 bits per heavy atom. The summed E-state index contributed by atoms with van der Waals surface area (Å²) in [5.74, 6) is 3.46. The van der Waals surface area contributed by atoms with Crippen LogP contribution in [0.2, 0.25) is 0 Å². The van der Waals surface area contributed by atoms with Gasteiger partial charge >= 0.3 is 5.69 Å². The first-order valence-corrected chi connectivity index (χ1v) is 13.2. The Bertz CT molecular complexity index is 2050. The number of benzene rings is 2. The zero-order chi connectivity index (χ0) is 31.4. The molecule has 12 heteroatoms. The van der Waals surface area contributed by atoms with Crippen LogP contribution in [0.1, 0.15) is 41.5 Å². The molecule has 3 heterocycles. The molecule has 0 aliphatic heterocycles. The lowest BCUT2D eigenvalue weighted by molar-refractivity contribution is 0.102. The van der Waals surface area contributed by atoms with Crippen molar-refractivity contribution in [3.05, 3.63) is 135 Å². The Morgan fingerprint density at radius 2 is 1.73 bits per heavy atom. The predicted octanol–water partition coefficient (Wildman–Crippen LogP) is 4.67. The molecular weight excluding hydrogens is 570 g/mol. The molecule has 0 spiro atoms. The van der Waals surface area contributed by atoms with Crippen molar-refractivity contribution < 1.29 is 18.3 Å². The molecule has 0 saturated carbocycles. The quantitative estimate of drug-likeness (QED) is 0.273. The highest BCUT2D eigenvalue weighted by molar-refractivity contribution is 6.03. The van der Waals surface area contributed by atoms with Crippen LogP contribution in [-0.2, 0) is 0 Å². The van der Waals surface area contributed by atoms with Crippen LogP contribution < -0.4 is 27.0 Å². The summed E-state index contributed by atoms with van der Waals surface area (Å²) in [7, 11) is 0. The highest BCUT2D eigenvalue weighted by atomic mass is 19.1.